The normalized spacial score (nSPS) is 17.4. The SMILES string of the molecule is CC(C)(C)NCc1nc2c([nH]1)CCCCCC2. The third-order valence-electron chi connectivity index (χ3n) is 3.29. The van der Waals surface area contributed by atoms with Crippen molar-refractivity contribution in [3.63, 3.8) is 0 Å². The fraction of sp³-hybridized carbons (Fsp3) is 0.786. The summed E-state index contributed by atoms with van der Waals surface area (Å²) in [5.41, 5.74) is 2.85. The summed E-state index contributed by atoms with van der Waals surface area (Å²) in [7, 11) is 0. The molecule has 0 saturated carbocycles. The number of fused-ring (bicyclic) bond motifs is 1. The second kappa shape index (κ2) is 5.21. The van der Waals surface area contributed by atoms with Crippen LogP contribution in [0.25, 0.3) is 0 Å². The number of rotatable bonds is 2. The number of imidazole rings is 1. The fourth-order valence-electron chi connectivity index (χ4n) is 2.30. The molecule has 0 aliphatic heterocycles. The van der Waals surface area contributed by atoms with Crippen molar-refractivity contribution in [1.82, 2.24) is 15.3 Å². The molecule has 96 valence electrons. The van der Waals surface area contributed by atoms with Gasteiger partial charge in [0.25, 0.3) is 0 Å². The molecule has 17 heavy (non-hydrogen) atoms. The summed E-state index contributed by atoms with van der Waals surface area (Å²) in [6.07, 6.45) is 7.67. The Morgan fingerprint density at radius 3 is 2.53 bits per heavy atom. The van der Waals surface area contributed by atoms with Gasteiger partial charge in [0.1, 0.15) is 5.82 Å². The molecule has 1 aliphatic carbocycles. The molecule has 0 bridgehead atoms. The molecule has 0 radical (unpaired) electrons. The Kier molecular flexibility index (Phi) is 3.87. The highest BCUT2D eigenvalue weighted by Gasteiger charge is 2.14. The van der Waals surface area contributed by atoms with E-state index in [0.29, 0.717) is 0 Å². The number of aromatic nitrogens is 2. The predicted molar refractivity (Wildman–Crippen MR) is 71.1 cm³/mol. The van der Waals surface area contributed by atoms with Gasteiger partial charge in [-0.25, -0.2) is 4.98 Å². The molecule has 1 heterocycles. The van der Waals surface area contributed by atoms with Crippen LogP contribution in [0.5, 0.6) is 0 Å². The topological polar surface area (TPSA) is 40.7 Å². The Morgan fingerprint density at radius 1 is 1.12 bits per heavy atom. The lowest BCUT2D eigenvalue weighted by molar-refractivity contribution is 0.418. The minimum absolute atomic E-state index is 0.154. The first kappa shape index (κ1) is 12.6. The lowest BCUT2D eigenvalue weighted by Gasteiger charge is -2.19. The highest BCUT2D eigenvalue weighted by molar-refractivity contribution is 5.16. The summed E-state index contributed by atoms with van der Waals surface area (Å²) in [5, 5.41) is 3.48. The van der Waals surface area contributed by atoms with E-state index >= 15 is 0 Å². The monoisotopic (exact) mass is 235 g/mol. The fourth-order valence-corrected chi connectivity index (χ4v) is 2.30. The Bertz CT molecular complexity index is 335. The number of nitrogens with zero attached hydrogens (tertiary/aromatic N) is 1. The molecule has 3 nitrogen and oxygen atoms in total. The lowest BCUT2D eigenvalue weighted by atomic mass is 10.0. The highest BCUT2D eigenvalue weighted by Crippen LogP contribution is 2.18. The number of H-pyrrole nitrogens is 1. The zero-order valence-electron chi connectivity index (χ0n) is 11.4. The van der Waals surface area contributed by atoms with Gasteiger partial charge >= 0.3 is 0 Å². The van der Waals surface area contributed by atoms with Gasteiger partial charge in [0, 0.05) is 11.2 Å². The molecule has 1 aromatic heterocycles. The Labute approximate surface area is 104 Å². The lowest BCUT2D eigenvalue weighted by Crippen LogP contribution is -2.35. The Hall–Kier alpha value is -0.830. The van der Waals surface area contributed by atoms with E-state index in [1.807, 2.05) is 0 Å². The maximum Gasteiger partial charge on any atom is 0.120 e. The molecule has 0 atom stereocenters. The predicted octanol–water partition coefficient (Wildman–Crippen LogP) is 2.96. The maximum atomic E-state index is 4.74. The summed E-state index contributed by atoms with van der Waals surface area (Å²) < 4.78 is 0. The van der Waals surface area contributed by atoms with Gasteiger partial charge in [-0.15, -0.1) is 0 Å². The maximum absolute atomic E-state index is 4.74. The van der Waals surface area contributed by atoms with E-state index in [1.54, 1.807) is 0 Å². The molecule has 0 fully saturated rings. The Morgan fingerprint density at radius 2 is 1.82 bits per heavy atom. The van der Waals surface area contributed by atoms with Gasteiger partial charge < -0.3 is 10.3 Å². The second-order valence-electron chi connectivity index (χ2n) is 6.13. The quantitative estimate of drug-likeness (QED) is 0.827. The molecule has 0 amide bonds. The van der Waals surface area contributed by atoms with E-state index in [2.05, 4.69) is 31.1 Å². The average Bonchev–Trinajstić information content (AvgIpc) is 2.56. The van der Waals surface area contributed by atoms with Gasteiger partial charge in [-0.05, 0) is 46.5 Å². The number of nitrogens with one attached hydrogen (secondary N) is 2. The first-order chi connectivity index (χ1) is 8.04. The summed E-state index contributed by atoms with van der Waals surface area (Å²) in [6, 6.07) is 0. The van der Waals surface area contributed by atoms with E-state index in [1.165, 1.54) is 43.5 Å². The van der Waals surface area contributed by atoms with E-state index in [0.717, 1.165) is 18.8 Å². The number of aromatic amines is 1. The molecule has 0 saturated heterocycles. The van der Waals surface area contributed by atoms with E-state index in [-0.39, 0.29) is 5.54 Å². The van der Waals surface area contributed by atoms with Crippen molar-refractivity contribution >= 4 is 0 Å². The molecular weight excluding hydrogens is 210 g/mol. The number of hydrogen-bond donors (Lipinski definition) is 2. The molecule has 1 aliphatic rings. The van der Waals surface area contributed by atoms with Crippen LogP contribution < -0.4 is 5.32 Å². The molecular formula is C14H25N3. The zero-order chi connectivity index (χ0) is 12.3. The van der Waals surface area contributed by atoms with Crippen molar-refractivity contribution in [3.8, 4) is 0 Å². The van der Waals surface area contributed by atoms with Crippen molar-refractivity contribution in [2.45, 2.75) is 71.4 Å². The van der Waals surface area contributed by atoms with Crippen molar-refractivity contribution in [2.75, 3.05) is 0 Å². The van der Waals surface area contributed by atoms with Gasteiger partial charge in [-0.1, -0.05) is 12.8 Å². The summed E-state index contributed by atoms with van der Waals surface area (Å²) >= 11 is 0. The van der Waals surface area contributed by atoms with Crippen LogP contribution in [0.4, 0.5) is 0 Å². The highest BCUT2D eigenvalue weighted by atomic mass is 15.0. The zero-order valence-corrected chi connectivity index (χ0v) is 11.4. The molecule has 3 heteroatoms. The van der Waals surface area contributed by atoms with Gasteiger partial charge in [-0.3, -0.25) is 0 Å². The van der Waals surface area contributed by atoms with Gasteiger partial charge in [0.15, 0.2) is 0 Å². The molecule has 1 aromatic rings. The van der Waals surface area contributed by atoms with Crippen LogP contribution in [0.2, 0.25) is 0 Å². The van der Waals surface area contributed by atoms with Crippen LogP contribution >= 0.6 is 0 Å². The van der Waals surface area contributed by atoms with Crippen LogP contribution in [0, 0.1) is 0 Å². The third-order valence-corrected chi connectivity index (χ3v) is 3.29. The first-order valence-electron chi connectivity index (χ1n) is 6.86. The van der Waals surface area contributed by atoms with E-state index in [9.17, 15) is 0 Å². The van der Waals surface area contributed by atoms with Crippen LogP contribution in [-0.2, 0) is 19.4 Å². The molecule has 2 rings (SSSR count). The van der Waals surface area contributed by atoms with Gasteiger partial charge in [-0.2, -0.15) is 0 Å². The molecule has 0 unspecified atom stereocenters. The van der Waals surface area contributed by atoms with Crippen molar-refractivity contribution in [2.24, 2.45) is 0 Å². The van der Waals surface area contributed by atoms with Crippen molar-refractivity contribution < 1.29 is 0 Å². The summed E-state index contributed by atoms with van der Waals surface area (Å²) in [6.45, 7) is 7.40. The van der Waals surface area contributed by atoms with E-state index in [4.69, 9.17) is 4.98 Å². The van der Waals surface area contributed by atoms with Gasteiger partial charge in [0.05, 0.1) is 12.2 Å². The number of hydrogen-bond acceptors (Lipinski definition) is 2. The smallest absolute Gasteiger partial charge is 0.120 e. The number of aryl methyl sites for hydroxylation is 2. The average molecular weight is 235 g/mol. The summed E-state index contributed by atoms with van der Waals surface area (Å²) in [4.78, 5) is 8.24. The van der Waals surface area contributed by atoms with Crippen LogP contribution in [0.3, 0.4) is 0 Å². The van der Waals surface area contributed by atoms with Crippen molar-refractivity contribution in [1.29, 1.82) is 0 Å². The minimum Gasteiger partial charge on any atom is -0.345 e. The first-order valence-corrected chi connectivity index (χ1v) is 6.86. The van der Waals surface area contributed by atoms with Crippen LogP contribution in [0.1, 0.15) is 63.7 Å². The molecule has 2 N–H and O–H groups in total. The van der Waals surface area contributed by atoms with Gasteiger partial charge in [0.2, 0.25) is 0 Å². The van der Waals surface area contributed by atoms with E-state index < -0.39 is 0 Å². The van der Waals surface area contributed by atoms with Crippen LogP contribution in [-0.4, -0.2) is 15.5 Å². The Balaban J connectivity index is 2.02. The standard InChI is InChI=1S/C14H25N3/c1-14(2,3)15-10-13-16-11-8-6-4-5-7-9-12(11)17-13/h15H,4-10H2,1-3H3,(H,16,17). The molecule has 0 spiro atoms. The second-order valence-corrected chi connectivity index (χ2v) is 6.13. The minimum atomic E-state index is 0.154. The van der Waals surface area contributed by atoms with Crippen LogP contribution in [0.15, 0.2) is 0 Å². The summed E-state index contributed by atoms with van der Waals surface area (Å²) in [5.74, 6) is 1.10. The van der Waals surface area contributed by atoms with Crippen molar-refractivity contribution in [3.05, 3.63) is 17.2 Å². The molecule has 0 aromatic carbocycles. The third kappa shape index (κ3) is 3.84. The largest absolute Gasteiger partial charge is 0.345 e.